The molecule has 0 radical (unpaired) electrons. The largest absolute Gasteiger partial charge is 0.330 e. The Hall–Kier alpha value is -0.640. The van der Waals surface area contributed by atoms with E-state index in [4.69, 9.17) is 17.3 Å². The molecule has 2 N–H and O–H groups in total. The van der Waals surface area contributed by atoms with Gasteiger partial charge in [0.05, 0.1) is 5.02 Å². The monoisotopic (exact) mass is 253 g/mol. The molecule has 1 aromatic heterocycles. The van der Waals surface area contributed by atoms with Gasteiger partial charge in [-0.3, -0.25) is 9.88 Å². The molecule has 1 heterocycles. The maximum absolute atomic E-state index is 6.13. The fourth-order valence-corrected chi connectivity index (χ4v) is 2.97. The van der Waals surface area contributed by atoms with Gasteiger partial charge in [-0.2, -0.15) is 0 Å². The molecule has 17 heavy (non-hydrogen) atoms. The zero-order valence-electron chi connectivity index (χ0n) is 10.3. The normalized spacial score (nSPS) is 24.5. The van der Waals surface area contributed by atoms with Crippen molar-refractivity contribution >= 4 is 11.6 Å². The van der Waals surface area contributed by atoms with Crippen molar-refractivity contribution in [1.82, 2.24) is 9.88 Å². The van der Waals surface area contributed by atoms with Crippen LogP contribution in [0.1, 0.15) is 24.8 Å². The molecular formula is C13H20ClN3. The van der Waals surface area contributed by atoms with Crippen LogP contribution in [0.2, 0.25) is 5.02 Å². The van der Waals surface area contributed by atoms with E-state index in [2.05, 4.69) is 16.9 Å². The molecule has 2 rings (SSSR count). The van der Waals surface area contributed by atoms with E-state index < -0.39 is 0 Å². The Labute approximate surface area is 108 Å². The maximum Gasteiger partial charge on any atom is 0.0634 e. The highest BCUT2D eigenvalue weighted by molar-refractivity contribution is 6.31. The molecule has 0 saturated heterocycles. The van der Waals surface area contributed by atoms with Crippen LogP contribution >= 0.6 is 11.6 Å². The molecule has 3 nitrogen and oxygen atoms in total. The Balaban J connectivity index is 2.01. The average molecular weight is 254 g/mol. The first kappa shape index (κ1) is 12.8. The summed E-state index contributed by atoms with van der Waals surface area (Å²) in [6.07, 6.45) is 7.31. The quantitative estimate of drug-likeness (QED) is 0.895. The van der Waals surface area contributed by atoms with Gasteiger partial charge in [0.2, 0.25) is 0 Å². The summed E-state index contributed by atoms with van der Waals surface area (Å²) in [6.45, 7) is 1.67. The molecule has 0 aromatic carbocycles. The molecule has 1 fully saturated rings. The molecule has 94 valence electrons. The zero-order valence-corrected chi connectivity index (χ0v) is 11.0. The Morgan fingerprint density at radius 2 is 2.35 bits per heavy atom. The van der Waals surface area contributed by atoms with Crippen molar-refractivity contribution in [2.24, 2.45) is 11.7 Å². The van der Waals surface area contributed by atoms with Crippen molar-refractivity contribution in [1.29, 1.82) is 0 Å². The van der Waals surface area contributed by atoms with Crippen LogP contribution in [0.25, 0.3) is 0 Å². The average Bonchev–Trinajstić information content (AvgIpc) is 2.80. The van der Waals surface area contributed by atoms with E-state index in [0.717, 1.165) is 23.7 Å². The first-order valence-electron chi connectivity index (χ1n) is 6.21. The van der Waals surface area contributed by atoms with Gasteiger partial charge < -0.3 is 5.73 Å². The highest BCUT2D eigenvalue weighted by Crippen LogP contribution is 2.29. The molecule has 0 amide bonds. The lowest BCUT2D eigenvalue weighted by Gasteiger charge is -2.29. The molecular weight excluding hydrogens is 234 g/mol. The van der Waals surface area contributed by atoms with E-state index in [-0.39, 0.29) is 0 Å². The van der Waals surface area contributed by atoms with E-state index in [9.17, 15) is 0 Å². The zero-order chi connectivity index (χ0) is 12.3. The number of rotatable bonds is 4. The van der Waals surface area contributed by atoms with Gasteiger partial charge in [-0.1, -0.05) is 18.0 Å². The van der Waals surface area contributed by atoms with Crippen LogP contribution in [0.3, 0.4) is 0 Å². The van der Waals surface area contributed by atoms with Gasteiger partial charge >= 0.3 is 0 Å². The second-order valence-electron chi connectivity index (χ2n) is 4.88. The number of halogens is 1. The third kappa shape index (κ3) is 2.97. The van der Waals surface area contributed by atoms with Gasteiger partial charge in [-0.05, 0) is 44.0 Å². The lowest BCUT2D eigenvalue weighted by atomic mass is 10.0. The lowest BCUT2D eigenvalue weighted by molar-refractivity contribution is 0.193. The van der Waals surface area contributed by atoms with Gasteiger partial charge in [-0.15, -0.1) is 0 Å². The van der Waals surface area contributed by atoms with Crippen LogP contribution in [0.5, 0.6) is 0 Å². The summed E-state index contributed by atoms with van der Waals surface area (Å²) >= 11 is 6.13. The predicted molar refractivity (Wildman–Crippen MR) is 70.9 cm³/mol. The summed E-state index contributed by atoms with van der Waals surface area (Å²) in [7, 11) is 2.16. The number of hydrogen-bond donors (Lipinski definition) is 1. The van der Waals surface area contributed by atoms with Crippen LogP contribution < -0.4 is 5.73 Å². The van der Waals surface area contributed by atoms with Gasteiger partial charge in [0.15, 0.2) is 0 Å². The van der Waals surface area contributed by atoms with E-state index in [1.165, 1.54) is 19.3 Å². The van der Waals surface area contributed by atoms with Crippen LogP contribution in [0.4, 0.5) is 0 Å². The van der Waals surface area contributed by atoms with E-state index in [1.54, 1.807) is 12.4 Å². The first-order valence-corrected chi connectivity index (χ1v) is 6.59. The molecule has 1 aliphatic carbocycles. The lowest BCUT2D eigenvalue weighted by Crippen LogP contribution is -2.37. The number of nitrogens with two attached hydrogens (primary N) is 1. The third-order valence-electron chi connectivity index (χ3n) is 3.76. The summed E-state index contributed by atoms with van der Waals surface area (Å²) in [5.41, 5.74) is 6.97. The van der Waals surface area contributed by atoms with Crippen LogP contribution in [0, 0.1) is 5.92 Å². The van der Waals surface area contributed by atoms with Crippen molar-refractivity contribution in [2.45, 2.75) is 31.8 Å². The molecule has 0 bridgehead atoms. The SMILES string of the molecule is CN(Cc1ccncc1Cl)C1CCCC1CN. The van der Waals surface area contributed by atoms with Crippen molar-refractivity contribution in [3.05, 3.63) is 29.0 Å². The Morgan fingerprint density at radius 1 is 1.53 bits per heavy atom. The smallest absolute Gasteiger partial charge is 0.0634 e. The molecule has 0 aliphatic heterocycles. The maximum atomic E-state index is 6.13. The summed E-state index contributed by atoms with van der Waals surface area (Å²) in [4.78, 5) is 6.39. The molecule has 0 spiro atoms. The second-order valence-corrected chi connectivity index (χ2v) is 5.28. The number of aromatic nitrogens is 1. The topological polar surface area (TPSA) is 42.2 Å². The van der Waals surface area contributed by atoms with Crippen molar-refractivity contribution < 1.29 is 0 Å². The Kier molecular flexibility index (Phi) is 4.37. The third-order valence-corrected chi connectivity index (χ3v) is 4.10. The molecule has 2 atom stereocenters. The molecule has 2 unspecified atom stereocenters. The number of hydrogen-bond acceptors (Lipinski definition) is 3. The molecule has 1 aromatic rings. The minimum atomic E-state index is 0.601. The summed E-state index contributed by atoms with van der Waals surface area (Å²) in [5, 5.41) is 0.752. The highest BCUT2D eigenvalue weighted by atomic mass is 35.5. The summed E-state index contributed by atoms with van der Waals surface area (Å²) < 4.78 is 0. The van der Waals surface area contributed by atoms with Crippen LogP contribution in [-0.4, -0.2) is 29.5 Å². The van der Waals surface area contributed by atoms with Crippen molar-refractivity contribution in [2.75, 3.05) is 13.6 Å². The highest BCUT2D eigenvalue weighted by Gasteiger charge is 2.29. The number of nitrogens with zero attached hydrogens (tertiary/aromatic N) is 2. The van der Waals surface area contributed by atoms with E-state index in [1.807, 2.05) is 6.07 Å². The van der Waals surface area contributed by atoms with Gasteiger partial charge in [-0.25, -0.2) is 0 Å². The Morgan fingerprint density at radius 3 is 3.06 bits per heavy atom. The van der Waals surface area contributed by atoms with E-state index >= 15 is 0 Å². The van der Waals surface area contributed by atoms with Gasteiger partial charge in [0.1, 0.15) is 0 Å². The number of pyridine rings is 1. The fourth-order valence-electron chi connectivity index (χ4n) is 2.79. The van der Waals surface area contributed by atoms with E-state index in [0.29, 0.717) is 12.0 Å². The molecule has 4 heteroatoms. The minimum Gasteiger partial charge on any atom is -0.330 e. The fraction of sp³-hybridized carbons (Fsp3) is 0.615. The van der Waals surface area contributed by atoms with Gasteiger partial charge in [0, 0.05) is 25.0 Å². The van der Waals surface area contributed by atoms with Crippen molar-refractivity contribution in [3.63, 3.8) is 0 Å². The second kappa shape index (κ2) is 5.80. The Bertz CT molecular complexity index is 369. The van der Waals surface area contributed by atoms with Crippen LogP contribution in [-0.2, 0) is 6.54 Å². The molecule has 1 saturated carbocycles. The first-order chi connectivity index (χ1) is 8.22. The van der Waals surface area contributed by atoms with Crippen LogP contribution in [0.15, 0.2) is 18.5 Å². The minimum absolute atomic E-state index is 0.601. The summed E-state index contributed by atoms with van der Waals surface area (Å²) in [6, 6.07) is 2.59. The molecule has 1 aliphatic rings. The summed E-state index contributed by atoms with van der Waals surface area (Å²) in [5.74, 6) is 0.639. The van der Waals surface area contributed by atoms with Crippen molar-refractivity contribution in [3.8, 4) is 0 Å². The standard InChI is InChI=1S/C13H20ClN3/c1-17(13-4-2-3-10(13)7-15)9-11-5-6-16-8-12(11)14/h5-6,8,10,13H,2-4,7,9,15H2,1H3. The predicted octanol–water partition coefficient (Wildman–Crippen LogP) is 2.29. The van der Waals surface area contributed by atoms with Gasteiger partial charge in [0.25, 0.3) is 0 Å².